The summed E-state index contributed by atoms with van der Waals surface area (Å²) in [6, 6.07) is 10.6. The third-order valence-electron chi connectivity index (χ3n) is 6.10. The molecular formula is C25H28N2O6S. The maximum Gasteiger partial charge on any atom is 0.338 e. The number of rotatable bonds is 7. The first kappa shape index (κ1) is 23.8. The number of methoxy groups -OCH3 is 1. The van der Waals surface area contributed by atoms with E-state index < -0.39 is 33.6 Å². The Morgan fingerprint density at radius 1 is 1.06 bits per heavy atom. The van der Waals surface area contributed by atoms with E-state index in [1.165, 1.54) is 12.7 Å². The van der Waals surface area contributed by atoms with Gasteiger partial charge in [0.2, 0.25) is 0 Å². The Hall–Kier alpha value is -3.33. The molecule has 0 saturated carbocycles. The van der Waals surface area contributed by atoms with Gasteiger partial charge in [-0.05, 0) is 73.6 Å². The first-order chi connectivity index (χ1) is 16.3. The highest BCUT2D eigenvalue weighted by Gasteiger charge is 2.35. The second-order valence-corrected chi connectivity index (χ2v) is 10.3. The Morgan fingerprint density at radius 2 is 1.76 bits per heavy atom. The lowest BCUT2D eigenvalue weighted by Gasteiger charge is -2.29. The van der Waals surface area contributed by atoms with Crippen molar-refractivity contribution in [1.29, 1.82) is 0 Å². The number of hydrogen-bond acceptors (Lipinski definition) is 6. The van der Waals surface area contributed by atoms with E-state index in [0.29, 0.717) is 17.9 Å². The summed E-state index contributed by atoms with van der Waals surface area (Å²) in [6.45, 7) is 2.37. The maximum atomic E-state index is 13.3. The molecule has 0 unspecified atom stereocenters. The molecule has 0 saturated heterocycles. The smallest absolute Gasteiger partial charge is 0.338 e. The summed E-state index contributed by atoms with van der Waals surface area (Å²) < 4.78 is 37.1. The third kappa shape index (κ3) is 4.94. The molecule has 2 N–H and O–H groups in total. The summed E-state index contributed by atoms with van der Waals surface area (Å²) in [5, 5.41) is 5.23. The van der Waals surface area contributed by atoms with E-state index in [0.717, 1.165) is 31.2 Å². The molecule has 2 aromatic carbocycles. The predicted molar refractivity (Wildman–Crippen MR) is 126 cm³/mol. The van der Waals surface area contributed by atoms with Gasteiger partial charge in [0.25, 0.3) is 0 Å². The van der Waals surface area contributed by atoms with E-state index in [1.54, 1.807) is 36.4 Å². The van der Waals surface area contributed by atoms with Crippen LogP contribution >= 0.6 is 0 Å². The largest absolute Gasteiger partial charge is 0.494 e. The molecule has 180 valence electrons. The molecule has 2 aromatic rings. The Labute approximate surface area is 199 Å². The predicted octanol–water partition coefficient (Wildman–Crippen LogP) is 3.22. The molecule has 0 bridgehead atoms. The molecule has 0 aromatic heterocycles. The van der Waals surface area contributed by atoms with Crippen LogP contribution < -0.4 is 15.4 Å². The van der Waals surface area contributed by atoms with Crippen molar-refractivity contribution in [3.05, 3.63) is 70.4 Å². The number of benzene rings is 2. The zero-order valence-corrected chi connectivity index (χ0v) is 20.0. The highest BCUT2D eigenvalue weighted by atomic mass is 32.2. The van der Waals surface area contributed by atoms with Crippen LogP contribution in [-0.4, -0.2) is 39.9 Å². The summed E-state index contributed by atoms with van der Waals surface area (Å²) in [6.07, 6.45) is 3.91. The minimum absolute atomic E-state index is 0.00667. The normalized spacial score (nSPS) is 17.9. The quantitative estimate of drug-likeness (QED) is 0.584. The topological polar surface area (TPSA) is 111 Å². The maximum absolute atomic E-state index is 13.3. The number of urea groups is 1. The van der Waals surface area contributed by atoms with Gasteiger partial charge in [0, 0.05) is 5.70 Å². The lowest BCUT2D eigenvalue weighted by atomic mass is 9.92. The van der Waals surface area contributed by atoms with Gasteiger partial charge in [-0.3, -0.25) is 0 Å². The van der Waals surface area contributed by atoms with E-state index in [1.807, 2.05) is 13.0 Å². The van der Waals surface area contributed by atoms with Crippen molar-refractivity contribution in [3.63, 3.8) is 0 Å². The Kier molecular flexibility index (Phi) is 6.92. The molecule has 1 aliphatic carbocycles. The van der Waals surface area contributed by atoms with Gasteiger partial charge in [0.1, 0.15) is 5.75 Å². The van der Waals surface area contributed by atoms with Crippen molar-refractivity contribution in [3.8, 4) is 5.75 Å². The molecule has 2 aliphatic rings. The van der Waals surface area contributed by atoms with Crippen LogP contribution in [0.5, 0.6) is 5.75 Å². The Bertz CT molecular complexity index is 1230. The van der Waals surface area contributed by atoms with Gasteiger partial charge >= 0.3 is 12.0 Å². The minimum atomic E-state index is -3.84. The van der Waals surface area contributed by atoms with E-state index >= 15 is 0 Å². The number of ether oxygens (including phenoxy) is 2. The van der Waals surface area contributed by atoms with Crippen LogP contribution in [0.1, 0.15) is 42.5 Å². The number of hydrogen-bond donors (Lipinski definition) is 2. The fourth-order valence-electron chi connectivity index (χ4n) is 4.43. The summed E-state index contributed by atoms with van der Waals surface area (Å²) in [5.41, 5.74) is 2.86. The Morgan fingerprint density at radius 3 is 2.44 bits per heavy atom. The third-order valence-corrected chi connectivity index (χ3v) is 7.74. The molecule has 8 nitrogen and oxygen atoms in total. The van der Waals surface area contributed by atoms with Gasteiger partial charge < -0.3 is 20.1 Å². The molecule has 4 rings (SSSR count). The molecule has 2 amide bonds. The number of nitrogens with one attached hydrogen (secondary N) is 2. The second-order valence-electron chi connectivity index (χ2n) is 8.31. The van der Waals surface area contributed by atoms with E-state index in [-0.39, 0.29) is 16.2 Å². The summed E-state index contributed by atoms with van der Waals surface area (Å²) in [4.78, 5) is 25.4. The van der Waals surface area contributed by atoms with Crippen LogP contribution in [0.3, 0.4) is 0 Å². The van der Waals surface area contributed by atoms with Crippen molar-refractivity contribution in [2.24, 2.45) is 0 Å². The lowest BCUT2D eigenvalue weighted by molar-refractivity contribution is -0.136. The van der Waals surface area contributed by atoms with Crippen molar-refractivity contribution in [2.75, 3.05) is 19.5 Å². The minimum Gasteiger partial charge on any atom is -0.494 e. The summed E-state index contributed by atoms with van der Waals surface area (Å²) >= 11 is 0. The molecule has 0 spiro atoms. The number of esters is 1. The molecule has 1 atom stereocenters. The first-order valence-corrected chi connectivity index (χ1v) is 12.9. The average molecular weight is 485 g/mol. The van der Waals surface area contributed by atoms with Gasteiger partial charge in [-0.15, -0.1) is 0 Å². The number of carbonyl (C=O) groups is 2. The van der Waals surface area contributed by atoms with Crippen LogP contribution in [0, 0.1) is 0 Å². The van der Waals surface area contributed by atoms with Crippen LogP contribution in [0.2, 0.25) is 0 Å². The standard InChI is InChI=1S/C25H28N2O6S/c1-3-33-19-11-8-17(9-12-19)23-22(24(28)32-2)21(26-25(29)27-23)15-34(30,31)20-13-10-16-6-4-5-7-18(16)14-20/h8-14,23H,3-7,15H2,1-2H3,(H2,26,27,29)/t23-/m1/s1. The highest BCUT2D eigenvalue weighted by molar-refractivity contribution is 7.91. The second kappa shape index (κ2) is 9.89. The number of carbonyl (C=O) groups excluding carboxylic acids is 2. The SMILES string of the molecule is CCOc1ccc([C@H]2NC(=O)NC(CS(=O)(=O)c3ccc4c(c3)CCCC4)=C2C(=O)OC)cc1. The van der Waals surface area contributed by atoms with Gasteiger partial charge in [-0.2, -0.15) is 0 Å². The number of aryl methyl sites for hydroxylation is 2. The average Bonchev–Trinajstić information content (AvgIpc) is 2.83. The molecule has 1 heterocycles. The zero-order valence-electron chi connectivity index (χ0n) is 19.2. The van der Waals surface area contributed by atoms with Crippen LogP contribution in [-0.2, 0) is 32.2 Å². The monoisotopic (exact) mass is 484 g/mol. The molecule has 0 radical (unpaired) electrons. The van der Waals surface area contributed by atoms with Gasteiger partial charge in [0.05, 0.1) is 36.0 Å². The molecule has 0 fully saturated rings. The fourth-order valence-corrected chi connectivity index (χ4v) is 5.80. The van der Waals surface area contributed by atoms with Crippen LogP contribution in [0.4, 0.5) is 4.79 Å². The van der Waals surface area contributed by atoms with Crippen LogP contribution in [0.15, 0.2) is 58.6 Å². The van der Waals surface area contributed by atoms with Crippen molar-refractivity contribution in [1.82, 2.24) is 10.6 Å². The summed E-state index contributed by atoms with van der Waals surface area (Å²) in [5.74, 6) is -0.607. The van der Waals surface area contributed by atoms with Crippen LogP contribution in [0.25, 0.3) is 0 Å². The van der Waals surface area contributed by atoms with E-state index in [2.05, 4.69) is 10.6 Å². The zero-order chi connectivity index (χ0) is 24.3. The highest BCUT2D eigenvalue weighted by Crippen LogP contribution is 2.31. The summed E-state index contributed by atoms with van der Waals surface area (Å²) in [7, 11) is -2.62. The molecule has 9 heteroatoms. The van der Waals surface area contributed by atoms with E-state index in [4.69, 9.17) is 9.47 Å². The fraction of sp³-hybridized carbons (Fsp3) is 0.360. The van der Waals surface area contributed by atoms with Gasteiger partial charge in [-0.25, -0.2) is 18.0 Å². The van der Waals surface area contributed by atoms with Crippen molar-refractivity contribution in [2.45, 2.75) is 43.5 Å². The number of amides is 2. The first-order valence-electron chi connectivity index (χ1n) is 11.3. The van der Waals surface area contributed by atoms with Gasteiger partial charge in [-0.1, -0.05) is 18.2 Å². The number of fused-ring (bicyclic) bond motifs is 1. The van der Waals surface area contributed by atoms with E-state index in [9.17, 15) is 18.0 Å². The molecule has 1 aliphatic heterocycles. The number of sulfone groups is 1. The van der Waals surface area contributed by atoms with Crippen molar-refractivity contribution >= 4 is 21.8 Å². The molecule has 34 heavy (non-hydrogen) atoms. The van der Waals surface area contributed by atoms with Crippen molar-refractivity contribution < 1.29 is 27.5 Å². The molecular weight excluding hydrogens is 456 g/mol. The van der Waals surface area contributed by atoms with Gasteiger partial charge in [0.15, 0.2) is 9.84 Å². The lowest BCUT2D eigenvalue weighted by Crippen LogP contribution is -2.47. The Balaban J connectivity index is 1.72.